The Morgan fingerprint density at radius 1 is 1.21 bits per heavy atom. The zero-order valence-corrected chi connectivity index (χ0v) is 10.8. The Bertz CT molecular complexity index is 574. The van der Waals surface area contributed by atoms with Gasteiger partial charge in [0.1, 0.15) is 0 Å². The average Bonchev–Trinajstić information content (AvgIpc) is 2.39. The minimum atomic E-state index is -0.429. The van der Waals surface area contributed by atoms with Gasteiger partial charge in [0.05, 0.1) is 7.11 Å². The summed E-state index contributed by atoms with van der Waals surface area (Å²) >= 11 is 5.81. The molecule has 2 N–H and O–H groups in total. The number of rotatable bonds is 3. The highest BCUT2D eigenvalue weighted by Crippen LogP contribution is 2.15. The zero-order valence-electron chi connectivity index (χ0n) is 10.1. The van der Waals surface area contributed by atoms with Crippen LogP contribution in [-0.4, -0.2) is 23.3 Å². The molecular weight excluding hydrogens is 268 g/mol. The fourth-order valence-corrected chi connectivity index (χ4v) is 1.53. The zero-order chi connectivity index (χ0) is 13.7. The maximum absolute atomic E-state index is 11.7. The predicted molar refractivity (Wildman–Crippen MR) is 72.7 cm³/mol. The first kappa shape index (κ1) is 13.1. The summed E-state index contributed by atoms with van der Waals surface area (Å²) in [5.41, 5.74) is 0.589. The summed E-state index contributed by atoms with van der Waals surface area (Å²) in [4.78, 5) is 11.7. The van der Waals surface area contributed by atoms with Crippen molar-refractivity contribution in [2.75, 3.05) is 17.7 Å². The van der Waals surface area contributed by atoms with E-state index in [0.717, 1.165) is 0 Å². The number of methoxy groups -OCH3 is 1. The molecule has 98 valence electrons. The van der Waals surface area contributed by atoms with E-state index in [1.807, 2.05) is 0 Å². The largest absolute Gasteiger partial charge is 0.480 e. The molecule has 0 bridgehead atoms. The number of benzene rings is 1. The molecule has 19 heavy (non-hydrogen) atoms. The molecule has 0 fully saturated rings. The summed E-state index contributed by atoms with van der Waals surface area (Å²) in [6, 6.07) is 9.59. The molecule has 0 atom stereocenters. The minimum Gasteiger partial charge on any atom is -0.480 e. The summed E-state index contributed by atoms with van der Waals surface area (Å²) in [6.45, 7) is 0. The smallest absolute Gasteiger partial charge is 0.324 e. The van der Waals surface area contributed by atoms with E-state index < -0.39 is 6.03 Å². The number of urea groups is 1. The molecule has 1 aromatic carbocycles. The van der Waals surface area contributed by atoms with Crippen molar-refractivity contribution in [2.45, 2.75) is 0 Å². The van der Waals surface area contributed by atoms with E-state index in [2.05, 4.69) is 20.8 Å². The van der Waals surface area contributed by atoms with Crippen molar-refractivity contribution in [1.29, 1.82) is 0 Å². The molecule has 0 aliphatic heterocycles. The molecule has 0 radical (unpaired) electrons. The van der Waals surface area contributed by atoms with Gasteiger partial charge in [-0.1, -0.05) is 17.7 Å². The molecule has 2 aromatic rings. The maximum atomic E-state index is 11.7. The third-order valence-corrected chi connectivity index (χ3v) is 2.41. The minimum absolute atomic E-state index is 0.320. The summed E-state index contributed by atoms with van der Waals surface area (Å²) < 4.78 is 4.87. The number of hydrogen-bond acceptors (Lipinski definition) is 4. The monoisotopic (exact) mass is 278 g/mol. The number of aromatic nitrogens is 2. The maximum Gasteiger partial charge on any atom is 0.324 e. The summed E-state index contributed by atoms with van der Waals surface area (Å²) in [5, 5.41) is 13.2. The van der Waals surface area contributed by atoms with E-state index in [9.17, 15) is 4.79 Å². The summed E-state index contributed by atoms with van der Waals surface area (Å²) in [7, 11) is 1.49. The van der Waals surface area contributed by atoms with Gasteiger partial charge in [-0.25, -0.2) is 4.79 Å². The van der Waals surface area contributed by atoms with Gasteiger partial charge in [-0.05, 0) is 24.3 Å². The van der Waals surface area contributed by atoms with Gasteiger partial charge in [0.2, 0.25) is 5.88 Å². The van der Waals surface area contributed by atoms with Gasteiger partial charge in [-0.2, -0.15) is 0 Å². The Balaban J connectivity index is 1.97. The molecule has 0 aliphatic carbocycles. The first-order valence-corrected chi connectivity index (χ1v) is 5.76. The van der Waals surface area contributed by atoms with Crippen molar-refractivity contribution in [2.24, 2.45) is 0 Å². The quantitative estimate of drug-likeness (QED) is 0.905. The molecule has 0 saturated heterocycles. The lowest BCUT2D eigenvalue weighted by atomic mass is 10.3. The van der Waals surface area contributed by atoms with Gasteiger partial charge >= 0.3 is 6.03 Å². The summed E-state index contributed by atoms with van der Waals surface area (Å²) in [5.74, 6) is 0.695. The topological polar surface area (TPSA) is 76.1 Å². The van der Waals surface area contributed by atoms with Crippen molar-refractivity contribution < 1.29 is 9.53 Å². The molecule has 2 rings (SSSR count). The number of nitrogens with zero attached hydrogens (tertiary/aromatic N) is 2. The Labute approximate surface area is 114 Å². The van der Waals surface area contributed by atoms with E-state index in [1.165, 1.54) is 7.11 Å². The number of amides is 2. The number of anilines is 2. The SMILES string of the molecule is COc1ccc(NC(=O)Nc2cccc(Cl)c2)nn1. The highest BCUT2D eigenvalue weighted by atomic mass is 35.5. The number of hydrogen-bond donors (Lipinski definition) is 2. The number of halogens is 1. The molecule has 2 amide bonds. The van der Waals surface area contributed by atoms with E-state index in [0.29, 0.717) is 22.4 Å². The highest BCUT2D eigenvalue weighted by molar-refractivity contribution is 6.30. The molecule has 6 nitrogen and oxygen atoms in total. The number of carbonyl (C=O) groups excluding carboxylic acids is 1. The number of ether oxygens (including phenoxy) is 1. The molecule has 1 aromatic heterocycles. The van der Waals surface area contributed by atoms with Crippen LogP contribution in [0.2, 0.25) is 5.02 Å². The molecule has 7 heteroatoms. The fourth-order valence-electron chi connectivity index (χ4n) is 1.34. The lowest BCUT2D eigenvalue weighted by Crippen LogP contribution is -2.20. The van der Waals surface area contributed by atoms with E-state index in [-0.39, 0.29) is 0 Å². The normalized spacial score (nSPS) is 9.79. The molecule has 0 saturated carbocycles. The number of nitrogens with one attached hydrogen (secondary N) is 2. The van der Waals surface area contributed by atoms with Crippen LogP contribution in [0.15, 0.2) is 36.4 Å². The molecule has 1 heterocycles. The van der Waals surface area contributed by atoms with Crippen molar-refractivity contribution >= 4 is 29.1 Å². The van der Waals surface area contributed by atoms with Crippen LogP contribution < -0.4 is 15.4 Å². The van der Waals surface area contributed by atoms with Crippen LogP contribution in [-0.2, 0) is 0 Å². The molecular formula is C12H11ClN4O2. The van der Waals surface area contributed by atoms with E-state index in [1.54, 1.807) is 36.4 Å². The van der Waals surface area contributed by atoms with E-state index >= 15 is 0 Å². The highest BCUT2D eigenvalue weighted by Gasteiger charge is 2.04. The summed E-state index contributed by atoms with van der Waals surface area (Å²) in [6.07, 6.45) is 0. The molecule has 0 spiro atoms. The van der Waals surface area contributed by atoms with Gasteiger partial charge in [-0.3, -0.25) is 5.32 Å². The van der Waals surface area contributed by atoms with Crippen LogP contribution in [0, 0.1) is 0 Å². The second kappa shape index (κ2) is 6.01. The first-order chi connectivity index (χ1) is 9.17. The second-order valence-corrected chi connectivity index (χ2v) is 3.99. The fraction of sp³-hybridized carbons (Fsp3) is 0.0833. The van der Waals surface area contributed by atoms with Crippen molar-refractivity contribution in [1.82, 2.24) is 10.2 Å². The number of carbonyl (C=O) groups is 1. The van der Waals surface area contributed by atoms with Crippen molar-refractivity contribution in [3.8, 4) is 5.88 Å². The lowest BCUT2D eigenvalue weighted by molar-refractivity contribution is 0.262. The van der Waals surface area contributed by atoms with Gasteiger partial charge in [0.25, 0.3) is 0 Å². The Morgan fingerprint density at radius 2 is 2.05 bits per heavy atom. The van der Waals surface area contributed by atoms with Gasteiger partial charge in [0, 0.05) is 16.8 Å². The molecule has 0 unspecified atom stereocenters. The lowest BCUT2D eigenvalue weighted by Gasteiger charge is -2.07. The third-order valence-electron chi connectivity index (χ3n) is 2.17. The van der Waals surface area contributed by atoms with Crippen LogP contribution in [0.5, 0.6) is 5.88 Å². The van der Waals surface area contributed by atoms with Crippen LogP contribution in [0.25, 0.3) is 0 Å². The van der Waals surface area contributed by atoms with Crippen LogP contribution in [0.3, 0.4) is 0 Å². The Kier molecular flexibility index (Phi) is 4.15. The van der Waals surface area contributed by atoms with Crippen LogP contribution in [0.1, 0.15) is 0 Å². The van der Waals surface area contributed by atoms with Crippen molar-refractivity contribution in [3.63, 3.8) is 0 Å². The molecule has 0 aliphatic rings. The predicted octanol–water partition coefficient (Wildman–Crippen LogP) is 2.78. The van der Waals surface area contributed by atoms with Gasteiger partial charge < -0.3 is 10.1 Å². The third kappa shape index (κ3) is 3.82. The first-order valence-electron chi connectivity index (χ1n) is 5.38. The van der Waals surface area contributed by atoms with Crippen LogP contribution in [0.4, 0.5) is 16.3 Å². The van der Waals surface area contributed by atoms with Crippen molar-refractivity contribution in [3.05, 3.63) is 41.4 Å². The Hall–Kier alpha value is -2.34. The van der Waals surface area contributed by atoms with E-state index in [4.69, 9.17) is 16.3 Å². The second-order valence-electron chi connectivity index (χ2n) is 3.55. The van der Waals surface area contributed by atoms with Gasteiger partial charge in [0.15, 0.2) is 5.82 Å². The average molecular weight is 279 g/mol. The van der Waals surface area contributed by atoms with Gasteiger partial charge in [-0.15, -0.1) is 10.2 Å². The van der Waals surface area contributed by atoms with Crippen LogP contribution >= 0.6 is 11.6 Å². The Morgan fingerprint density at radius 3 is 2.68 bits per heavy atom. The standard InChI is InChI=1S/C12H11ClN4O2/c1-19-11-6-5-10(16-17-11)15-12(18)14-9-4-2-3-8(13)7-9/h2-7H,1H3,(H2,14,15,16,18).